The van der Waals surface area contributed by atoms with E-state index in [2.05, 4.69) is 26.6 Å². The van der Waals surface area contributed by atoms with Crippen molar-refractivity contribution in [2.24, 2.45) is 0 Å². The van der Waals surface area contributed by atoms with E-state index in [1.807, 2.05) is 25.1 Å². The number of methoxy groups -OCH3 is 1. The lowest BCUT2D eigenvalue weighted by Crippen LogP contribution is -2.38. The van der Waals surface area contributed by atoms with Crippen LogP contribution >= 0.6 is 15.9 Å². The average Bonchev–Trinajstić information content (AvgIpc) is 2.38. The van der Waals surface area contributed by atoms with Gasteiger partial charge in [0.1, 0.15) is 5.75 Å². The summed E-state index contributed by atoms with van der Waals surface area (Å²) in [5.74, 6) is 0.752. The summed E-state index contributed by atoms with van der Waals surface area (Å²) in [6, 6.07) is 5.31. The van der Waals surface area contributed by atoms with Crippen LogP contribution in [0, 0.1) is 0 Å². The number of aliphatic hydroxyl groups excluding tert-OH is 1. The predicted molar refractivity (Wildman–Crippen MR) is 81.9 cm³/mol. The predicted octanol–water partition coefficient (Wildman–Crippen LogP) is 2.59. The lowest BCUT2D eigenvalue weighted by atomic mass is 10.1. The molecule has 0 radical (unpaired) electrons. The second kappa shape index (κ2) is 8.11. The Morgan fingerprint density at radius 3 is 2.70 bits per heavy atom. The summed E-state index contributed by atoms with van der Waals surface area (Å²) < 4.78 is 6.01. The lowest BCUT2D eigenvalue weighted by molar-refractivity contribution is 0.183. The van der Waals surface area contributed by atoms with Crippen molar-refractivity contribution >= 4 is 22.0 Å². The van der Waals surface area contributed by atoms with Crippen LogP contribution in [0.15, 0.2) is 22.7 Å². The zero-order valence-corrected chi connectivity index (χ0v) is 13.5. The second-order valence-electron chi connectivity index (χ2n) is 4.65. The highest BCUT2D eigenvalue weighted by atomic mass is 79.9. The monoisotopic (exact) mass is 344 g/mol. The van der Waals surface area contributed by atoms with Gasteiger partial charge in [0.15, 0.2) is 0 Å². The molecular weight excluding hydrogens is 324 g/mol. The average molecular weight is 345 g/mol. The number of nitrogens with one attached hydrogen (secondary N) is 2. The van der Waals surface area contributed by atoms with E-state index in [1.165, 1.54) is 0 Å². The number of rotatable bonds is 6. The van der Waals surface area contributed by atoms with Gasteiger partial charge in [-0.2, -0.15) is 0 Å². The highest BCUT2D eigenvalue weighted by Crippen LogP contribution is 2.27. The molecule has 3 N–H and O–H groups in total. The Morgan fingerprint density at radius 2 is 2.15 bits per heavy atom. The van der Waals surface area contributed by atoms with Crippen LogP contribution in [-0.4, -0.2) is 30.9 Å². The summed E-state index contributed by atoms with van der Waals surface area (Å²) in [6.45, 7) is 4.04. The molecule has 2 unspecified atom stereocenters. The Kier molecular flexibility index (Phi) is 6.81. The molecule has 0 bridgehead atoms. The van der Waals surface area contributed by atoms with Crippen molar-refractivity contribution in [2.75, 3.05) is 13.7 Å². The van der Waals surface area contributed by atoms with Crippen molar-refractivity contribution in [1.82, 2.24) is 10.6 Å². The fraction of sp³-hybridized carbons (Fsp3) is 0.500. The third-order valence-corrected chi connectivity index (χ3v) is 3.49. The number of halogens is 1. The molecule has 0 saturated carbocycles. The molecule has 0 aliphatic carbocycles. The number of hydrogen-bond donors (Lipinski definition) is 3. The summed E-state index contributed by atoms with van der Waals surface area (Å²) in [7, 11) is 1.61. The molecule has 0 fully saturated rings. The molecule has 112 valence electrons. The van der Waals surface area contributed by atoms with E-state index in [4.69, 9.17) is 9.84 Å². The van der Waals surface area contributed by atoms with Crippen LogP contribution in [0.4, 0.5) is 4.79 Å². The topological polar surface area (TPSA) is 70.6 Å². The molecule has 0 saturated heterocycles. The van der Waals surface area contributed by atoms with E-state index in [-0.39, 0.29) is 12.1 Å². The fourth-order valence-corrected chi connectivity index (χ4v) is 2.24. The molecule has 20 heavy (non-hydrogen) atoms. The molecule has 0 heterocycles. The first kappa shape index (κ1) is 16.8. The number of benzene rings is 1. The van der Waals surface area contributed by atoms with Gasteiger partial charge in [-0.05, 0) is 53.9 Å². The van der Waals surface area contributed by atoms with Crippen LogP contribution in [0.2, 0.25) is 0 Å². The molecule has 0 aromatic heterocycles. The van der Waals surface area contributed by atoms with Crippen molar-refractivity contribution in [2.45, 2.75) is 32.4 Å². The number of hydrogen-bond acceptors (Lipinski definition) is 3. The van der Waals surface area contributed by atoms with Gasteiger partial charge in [-0.3, -0.25) is 0 Å². The zero-order valence-electron chi connectivity index (χ0n) is 11.9. The minimum Gasteiger partial charge on any atom is -0.496 e. The SMILES string of the molecule is COc1ccc(C(C)NC(=O)NCCC(C)O)cc1Br. The van der Waals surface area contributed by atoms with Crippen molar-refractivity contribution in [1.29, 1.82) is 0 Å². The fourth-order valence-electron chi connectivity index (χ4n) is 1.68. The summed E-state index contributed by atoms with van der Waals surface area (Å²) in [5.41, 5.74) is 0.975. The van der Waals surface area contributed by atoms with Gasteiger partial charge in [0.25, 0.3) is 0 Å². The van der Waals surface area contributed by atoms with E-state index < -0.39 is 6.10 Å². The van der Waals surface area contributed by atoms with Crippen LogP contribution < -0.4 is 15.4 Å². The molecular formula is C14H21BrN2O3. The van der Waals surface area contributed by atoms with Crippen molar-refractivity contribution in [3.63, 3.8) is 0 Å². The van der Waals surface area contributed by atoms with E-state index in [1.54, 1.807) is 14.0 Å². The third kappa shape index (κ3) is 5.38. The van der Waals surface area contributed by atoms with Gasteiger partial charge in [0.05, 0.1) is 23.7 Å². The number of carbonyl (C=O) groups excluding carboxylic acids is 1. The highest BCUT2D eigenvalue weighted by Gasteiger charge is 2.11. The van der Waals surface area contributed by atoms with Gasteiger partial charge in [-0.25, -0.2) is 4.79 Å². The maximum absolute atomic E-state index is 11.7. The van der Waals surface area contributed by atoms with E-state index in [9.17, 15) is 4.79 Å². The minimum absolute atomic E-state index is 0.122. The maximum Gasteiger partial charge on any atom is 0.315 e. The molecule has 6 heteroatoms. The number of carbonyl (C=O) groups is 1. The zero-order chi connectivity index (χ0) is 15.1. The van der Waals surface area contributed by atoms with Gasteiger partial charge in [-0.15, -0.1) is 0 Å². The van der Waals surface area contributed by atoms with Crippen molar-refractivity contribution < 1.29 is 14.6 Å². The normalized spacial score (nSPS) is 13.4. The van der Waals surface area contributed by atoms with E-state index in [0.717, 1.165) is 15.8 Å². The van der Waals surface area contributed by atoms with Gasteiger partial charge < -0.3 is 20.5 Å². The Morgan fingerprint density at radius 1 is 1.45 bits per heavy atom. The van der Waals surface area contributed by atoms with Crippen LogP contribution in [-0.2, 0) is 0 Å². The first-order valence-corrected chi connectivity index (χ1v) is 7.29. The van der Waals surface area contributed by atoms with Crippen molar-refractivity contribution in [3.05, 3.63) is 28.2 Å². The van der Waals surface area contributed by atoms with Crippen LogP contribution in [0.1, 0.15) is 31.9 Å². The van der Waals surface area contributed by atoms with Gasteiger partial charge in [-0.1, -0.05) is 6.07 Å². The van der Waals surface area contributed by atoms with Crippen LogP contribution in [0.3, 0.4) is 0 Å². The Bertz CT molecular complexity index is 452. The lowest BCUT2D eigenvalue weighted by Gasteiger charge is -2.16. The van der Waals surface area contributed by atoms with Gasteiger partial charge >= 0.3 is 6.03 Å². The summed E-state index contributed by atoms with van der Waals surface area (Å²) in [5, 5.41) is 14.7. The summed E-state index contributed by atoms with van der Waals surface area (Å²) >= 11 is 3.42. The Labute approximate surface area is 127 Å². The number of amides is 2. The summed E-state index contributed by atoms with van der Waals surface area (Å²) in [6.07, 6.45) is 0.126. The molecule has 1 aromatic carbocycles. The Hall–Kier alpha value is -1.27. The highest BCUT2D eigenvalue weighted by molar-refractivity contribution is 9.10. The first-order chi connectivity index (χ1) is 9.43. The molecule has 0 aliphatic rings. The number of aliphatic hydroxyl groups is 1. The first-order valence-electron chi connectivity index (χ1n) is 6.50. The molecule has 1 aromatic rings. The number of urea groups is 1. The molecule has 2 amide bonds. The van der Waals surface area contributed by atoms with Crippen LogP contribution in [0.5, 0.6) is 5.75 Å². The second-order valence-corrected chi connectivity index (χ2v) is 5.51. The Balaban J connectivity index is 2.51. The number of ether oxygens (including phenoxy) is 1. The third-order valence-electron chi connectivity index (χ3n) is 2.87. The van der Waals surface area contributed by atoms with E-state index in [0.29, 0.717) is 13.0 Å². The molecule has 0 aliphatic heterocycles. The maximum atomic E-state index is 11.7. The van der Waals surface area contributed by atoms with Crippen molar-refractivity contribution in [3.8, 4) is 5.75 Å². The molecule has 0 spiro atoms. The minimum atomic E-state index is -0.412. The summed E-state index contributed by atoms with van der Waals surface area (Å²) in [4.78, 5) is 11.7. The molecule has 2 atom stereocenters. The largest absolute Gasteiger partial charge is 0.496 e. The molecule has 1 rings (SSSR count). The van der Waals surface area contributed by atoms with E-state index >= 15 is 0 Å². The van der Waals surface area contributed by atoms with Gasteiger partial charge in [0, 0.05) is 6.54 Å². The molecule has 5 nitrogen and oxygen atoms in total. The van der Waals surface area contributed by atoms with Crippen LogP contribution in [0.25, 0.3) is 0 Å². The smallest absolute Gasteiger partial charge is 0.315 e. The quantitative estimate of drug-likeness (QED) is 0.742. The standard InChI is InChI=1S/C14H21BrN2O3/c1-9(18)6-7-16-14(19)17-10(2)11-4-5-13(20-3)12(15)8-11/h4-5,8-10,18H,6-7H2,1-3H3,(H2,16,17,19). The van der Waals surface area contributed by atoms with Gasteiger partial charge in [0.2, 0.25) is 0 Å².